The SMILES string of the molecule is CN=C(NCCc1cn2ccccc2n1)NCC1(c2cccc(Br)c2)CC1. The molecule has 140 valence electrons. The Hall–Kier alpha value is -2.34. The van der Waals surface area contributed by atoms with Gasteiger partial charge in [0.25, 0.3) is 0 Å². The molecule has 4 rings (SSSR count). The summed E-state index contributed by atoms with van der Waals surface area (Å²) in [5.41, 5.74) is 3.70. The van der Waals surface area contributed by atoms with E-state index in [1.54, 1.807) is 0 Å². The van der Waals surface area contributed by atoms with Crippen LogP contribution in [-0.2, 0) is 11.8 Å². The van der Waals surface area contributed by atoms with Crippen molar-refractivity contribution in [2.75, 3.05) is 20.1 Å². The summed E-state index contributed by atoms with van der Waals surface area (Å²) in [5.74, 6) is 0.847. The lowest BCUT2D eigenvalue weighted by atomic mass is 9.96. The summed E-state index contributed by atoms with van der Waals surface area (Å²) in [6.45, 7) is 1.70. The van der Waals surface area contributed by atoms with Crippen LogP contribution in [0.2, 0.25) is 0 Å². The lowest BCUT2D eigenvalue weighted by molar-refractivity contribution is 0.645. The number of pyridine rings is 1. The van der Waals surface area contributed by atoms with Crippen LogP contribution < -0.4 is 10.6 Å². The molecule has 2 heterocycles. The van der Waals surface area contributed by atoms with Gasteiger partial charge in [-0.05, 0) is 42.7 Å². The number of benzene rings is 1. The van der Waals surface area contributed by atoms with Crippen molar-refractivity contribution in [3.63, 3.8) is 0 Å². The van der Waals surface area contributed by atoms with Gasteiger partial charge in [0, 0.05) is 48.8 Å². The molecule has 1 aliphatic rings. The number of guanidine groups is 1. The van der Waals surface area contributed by atoms with Gasteiger partial charge < -0.3 is 15.0 Å². The molecule has 0 unspecified atom stereocenters. The average Bonchev–Trinajstić information content (AvgIpc) is 3.36. The summed E-state index contributed by atoms with van der Waals surface area (Å²) in [4.78, 5) is 9.00. The molecule has 2 N–H and O–H groups in total. The lowest BCUT2D eigenvalue weighted by Crippen LogP contribution is -2.42. The summed E-state index contributed by atoms with van der Waals surface area (Å²) in [6, 6.07) is 14.7. The molecule has 1 saturated carbocycles. The Balaban J connectivity index is 1.29. The predicted octanol–water partition coefficient (Wildman–Crippen LogP) is 3.54. The highest BCUT2D eigenvalue weighted by Gasteiger charge is 2.44. The smallest absolute Gasteiger partial charge is 0.191 e. The summed E-state index contributed by atoms with van der Waals surface area (Å²) in [7, 11) is 1.82. The second-order valence-electron chi connectivity index (χ2n) is 7.09. The topological polar surface area (TPSA) is 53.7 Å². The van der Waals surface area contributed by atoms with Gasteiger partial charge in [-0.1, -0.05) is 34.1 Å². The van der Waals surface area contributed by atoms with E-state index in [2.05, 4.69) is 71.4 Å². The van der Waals surface area contributed by atoms with Gasteiger partial charge in [-0.15, -0.1) is 0 Å². The van der Waals surface area contributed by atoms with Crippen molar-refractivity contribution >= 4 is 27.5 Å². The molecule has 0 amide bonds. The Bertz CT molecular complexity index is 925. The normalized spacial score (nSPS) is 15.7. The molecule has 6 heteroatoms. The van der Waals surface area contributed by atoms with Gasteiger partial charge >= 0.3 is 0 Å². The van der Waals surface area contributed by atoms with Crippen molar-refractivity contribution in [3.05, 3.63) is 70.6 Å². The van der Waals surface area contributed by atoms with Crippen molar-refractivity contribution in [2.45, 2.75) is 24.7 Å². The molecular weight excluding hydrogens is 402 g/mol. The molecular formula is C21H24BrN5. The number of rotatable bonds is 6. The third-order valence-electron chi connectivity index (χ3n) is 5.20. The highest BCUT2D eigenvalue weighted by molar-refractivity contribution is 9.10. The van der Waals surface area contributed by atoms with Crippen LogP contribution in [0.25, 0.3) is 5.65 Å². The van der Waals surface area contributed by atoms with Gasteiger partial charge in [-0.25, -0.2) is 4.98 Å². The fourth-order valence-corrected chi connectivity index (χ4v) is 3.83. The van der Waals surface area contributed by atoms with E-state index in [0.29, 0.717) is 0 Å². The first kappa shape index (κ1) is 18.0. The molecule has 0 atom stereocenters. The molecule has 1 aromatic carbocycles. The van der Waals surface area contributed by atoms with E-state index < -0.39 is 0 Å². The minimum Gasteiger partial charge on any atom is -0.356 e. The van der Waals surface area contributed by atoms with Gasteiger partial charge in [-0.3, -0.25) is 4.99 Å². The zero-order chi connectivity index (χ0) is 18.7. The largest absolute Gasteiger partial charge is 0.356 e. The van der Waals surface area contributed by atoms with E-state index in [1.165, 1.54) is 18.4 Å². The van der Waals surface area contributed by atoms with E-state index >= 15 is 0 Å². The summed E-state index contributed by atoms with van der Waals surface area (Å²) in [6.07, 6.45) is 7.40. The molecule has 27 heavy (non-hydrogen) atoms. The Morgan fingerprint density at radius 1 is 1.22 bits per heavy atom. The van der Waals surface area contributed by atoms with Crippen molar-refractivity contribution < 1.29 is 0 Å². The van der Waals surface area contributed by atoms with E-state index in [4.69, 9.17) is 0 Å². The monoisotopic (exact) mass is 425 g/mol. The first-order chi connectivity index (χ1) is 13.2. The maximum Gasteiger partial charge on any atom is 0.191 e. The van der Waals surface area contributed by atoms with Crippen molar-refractivity contribution in [1.82, 2.24) is 20.0 Å². The summed E-state index contributed by atoms with van der Waals surface area (Å²) >= 11 is 3.58. The molecule has 0 bridgehead atoms. The highest BCUT2D eigenvalue weighted by Crippen LogP contribution is 2.48. The quantitative estimate of drug-likeness (QED) is 0.469. The first-order valence-electron chi connectivity index (χ1n) is 9.32. The number of nitrogens with one attached hydrogen (secondary N) is 2. The zero-order valence-electron chi connectivity index (χ0n) is 15.5. The maximum absolute atomic E-state index is 4.64. The fraction of sp³-hybridized carbons (Fsp3) is 0.333. The molecule has 1 aliphatic carbocycles. The van der Waals surface area contributed by atoms with Crippen molar-refractivity contribution in [3.8, 4) is 0 Å². The number of hydrogen-bond acceptors (Lipinski definition) is 2. The standard InChI is InChI=1S/C21H24BrN5/c1-23-20(24-11-8-18-14-27-12-3-2-7-19(27)26-18)25-15-21(9-10-21)16-5-4-6-17(22)13-16/h2-7,12-14H,8-11,15H2,1H3,(H2,23,24,25). The van der Waals surface area contributed by atoms with Crippen LogP contribution in [-0.4, -0.2) is 35.5 Å². The van der Waals surface area contributed by atoms with Crippen molar-refractivity contribution in [1.29, 1.82) is 0 Å². The molecule has 3 aromatic rings. The number of nitrogens with zero attached hydrogens (tertiary/aromatic N) is 3. The van der Waals surface area contributed by atoms with E-state index in [0.717, 1.165) is 41.3 Å². The van der Waals surface area contributed by atoms with Crippen LogP contribution in [0, 0.1) is 0 Å². The third-order valence-corrected chi connectivity index (χ3v) is 5.69. The minimum atomic E-state index is 0.239. The average molecular weight is 426 g/mol. The van der Waals surface area contributed by atoms with Gasteiger partial charge in [0.05, 0.1) is 5.69 Å². The number of aliphatic imine (C=N–C) groups is 1. The second kappa shape index (κ2) is 7.72. The molecule has 0 spiro atoms. The van der Waals surface area contributed by atoms with Gasteiger partial charge in [-0.2, -0.15) is 0 Å². The van der Waals surface area contributed by atoms with Crippen molar-refractivity contribution in [2.24, 2.45) is 4.99 Å². The lowest BCUT2D eigenvalue weighted by Gasteiger charge is -2.19. The number of hydrogen-bond donors (Lipinski definition) is 2. The molecule has 0 saturated heterocycles. The molecule has 2 aromatic heterocycles. The summed E-state index contributed by atoms with van der Waals surface area (Å²) in [5, 5.41) is 6.91. The number of aromatic nitrogens is 2. The molecule has 5 nitrogen and oxygen atoms in total. The van der Waals surface area contributed by atoms with Crippen LogP contribution in [0.4, 0.5) is 0 Å². The maximum atomic E-state index is 4.64. The summed E-state index contributed by atoms with van der Waals surface area (Å²) < 4.78 is 3.19. The second-order valence-corrected chi connectivity index (χ2v) is 8.01. The number of halogens is 1. The van der Waals surface area contributed by atoms with Crippen LogP contribution in [0.1, 0.15) is 24.1 Å². The molecule has 1 fully saturated rings. The van der Waals surface area contributed by atoms with Gasteiger partial charge in [0.1, 0.15) is 5.65 Å². The van der Waals surface area contributed by atoms with Crippen LogP contribution in [0.5, 0.6) is 0 Å². The Morgan fingerprint density at radius 3 is 2.85 bits per heavy atom. The van der Waals surface area contributed by atoms with Crippen LogP contribution in [0.3, 0.4) is 0 Å². The predicted molar refractivity (Wildman–Crippen MR) is 113 cm³/mol. The first-order valence-corrected chi connectivity index (χ1v) is 10.1. The highest BCUT2D eigenvalue weighted by atomic mass is 79.9. The number of imidazole rings is 1. The minimum absolute atomic E-state index is 0.239. The van der Waals surface area contributed by atoms with Crippen LogP contribution >= 0.6 is 15.9 Å². The molecule has 0 radical (unpaired) electrons. The van der Waals surface area contributed by atoms with E-state index in [9.17, 15) is 0 Å². The van der Waals surface area contributed by atoms with E-state index in [-0.39, 0.29) is 5.41 Å². The van der Waals surface area contributed by atoms with Gasteiger partial charge in [0.15, 0.2) is 5.96 Å². The number of fused-ring (bicyclic) bond motifs is 1. The Morgan fingerprint density at radius 2 is 2.11 bits per heavy atom. The fourth-order valence-electron chi connectivity index (χ4n) is 3.43. The van der Waals surface area contributed by atoms with Crippen LogP contribution in [0.15, 0.2) is 64.3 Å². The Labute approximate surface area is 168 Å². The zero-order valence-corrected chi connectivity index (χ0v) is 17.0. The van der Waals surface area contributed by atoms with E-state index in [1.807, 2.05) is 31.4 Å². The van der Waals surface area contributed by atoms with Gasteiger partial charge in [0.2, 0.25) is 0 Å². The third kappa shape index (κ3) is 4.16. The Kier molecular flexibility index (Phi) is 5.16. The molecule has 0 aliphatic heterocycles.